The summed E-state index contributed by atoms with van der Waals surface area (Å²) in [6, 6.07) is 13.3. The molecule has 0 fully saturated rings. The summed E-state index contributed by atoms with van der Waals surface area (Å²) in [5, 5.41) is 12.6. The summed E-state index contributed by atoms with van der Waals surface area (Å²) in [6.45, 7) is 0. The Balaban J connectivity index is 1.70. The van der Waals surface area contributed by atoms with Crippen LogP contribution in [0.3, 0.4) is 0 Å². The molecule has 5 nitrogen and oxygen atoms in total. The van der Waals surface area contributed by atoms with E-state index in [4.69, 9.17) is 0 Å². The van der Waals surface area contributed by atoms with Gasteiger partial charge in [-0.1, -0.05) is 30.3 Å². The summed E-state index contributed by atoms with van der Waals surface area (Å²) >= 11 is 0. The number of hydrogen-bond donors (Lipinski definition) is 2. The second kappa shape index (κ2) is 5.98. The number of nitrogens with zero attached hydrogens (tertiary/aromatic N) is 2. The van der Waals surface area contributed by atoms with Crippen molar-refractivity contribution in [2.45, 2.75) is 12.4 Å². The van der Waals surface area contributed by atoms with Gasteiger partial charge in [-0.05, 0) is 23.8 Å². The quantitative estimate of drug-likeness (QED) is 0.510. The summed E-state index contributed by atoms with van der Waals surface area (Å²) in [4.78, 5) is 3.11. The molecule has 140 valence electrons. The van der Waals surface area contributed by atoms with Crippen molar-refractivity contribution in [2.75, 3.05) is 5.32 Å². The molecule has 8 heteroatoms. The normalized spacial score (nSPS) is 15.6. The van der Waals surface area contributed by atoms with Crippen LogP contribution in [-0.4, -0.2) is 21.5 Å². The van der Waals surface area contributed by atoms with Crippen LogP contribution in [0.25, 0.3) is 22.2 Å². The number of alkyl halides is 3. The highest BCUT2D eigenvalue weighted by molar-refractivity contribution is 6.00. The first kappa shape index (κ1) is 16.6. The number of aromatic nitrogens is 3. The van der Waals surface area contributed by atoms with Gasteiger partial charge in [0.15, 0.2) is 5.65 Å². The number of benzene rings is 2. The van der Waals surface area contributed by atoms with E-state index in [-0.39, 0.29) is 5.75 Å². The van der Waals surface area contributed by atoms with E-state index in [0.29, 0.717) is 11.2 Å². The van der Waals surface area contributed by atoms with Crippen LogP contribution in [0.2, 0.25) is 0 Å². The third-order valence-electron chi connectivity index (χ3n) is 4.76. The number of rotatable bonds is 2. The van der Waals surface area contributed by atoms with Gasteiger partial charge in [0, 0.05) is 34.0 Å². The van der Waals surface area contributed by atoms with Crippen LogP contribution in [0.15, 0.2) is 60.9 Å². The molecule has 2 aromatic carbocycles. The van der Waals surface area contributed by atoms with Crippen molar-refractivity contribution < 1.29 is 17.9 Å². The molecule has 2 N–H and O–H groups in total. The Labute approximate surface area is 157 Å². The summed E-state index contributed by atoms with van der Waals surface area (Å²) < 4.78 is 42.1. The number of hydrogen-bond acceptors (Lipinski definition) is 4. The predicted molar refractivity (Wildman–Crippen MR) is 97.9 cm³/mol. The van der Waals surface area contributed by atoms with Gasteiger partial charge in [0.1, 0.15) is 5.75 Å². The fourth-order valence-corrected chi connectivity index (χ4v) is 3.66. The van der Waals surface area contributed by atoms with E-state index in [1.807, 2.05) is 30.5 Å². The van der Waals surface area contributed by atoms with E-state index in [9.17, 15) is 13.2 Å². The lowest BCUT2D eigenvalue weighted by Crippen LogP contribution is -2.18. The van der Waals surface area contributed by atoms with Gasteiger partial charge in [0.05, 0.1) is 12.2 Å². The summed E-state index contributed by atoms with van der Waals surface area (Å²) in [7, 11) is 0. The Bertz CT molecular complexity index is 1190. The Morgan fingerprint density at radius 3 is 2.71 bits per heavy atom. The number of H-pyrrole nitrogens is 1. The van der Waals surface area contributed by atoms with Crippen molar-refractivity contribution in [3.63, 3.8) is 0 Å². The monoisotopic (exact) mass is 382 g/mol. The number of ether oxygens (including phenoxy) is 1. The standard InChI is InChI=1S/C20H13F3N4O/c21-20(22,23)28-12-5-3-4-11(8-12)18-15-9-24-19-17(15)14(10-25-27-19)13-6-1-2-7-16(13)26-18/h1-10,18,26H,(H,24,27). The molecule has 0 saturated heterocycles. The number of halogens is 3. The van der Waals surface area contributed by atoms with E-state index in [1.54, 1.807) is 18.3 Å². The van der Waals surface area contributed by atoms with Crippen LogP contribution < -0.4 is 10.1 Å². The zero-order chi connectivity index (χ0) is 19.3. The highest BCUT2D eigenvalue weighted by atomic mass is 19.4. The zero-order valence-corrected chi connectivity index (χ0v) is 14.3. The maximum absolute atomic E-state index is 12.7. The van der Waals surface area contributed by atoms with E-state index >= 15 is 0 Å². The van der Waals surface area contributed by atoms with Gasteiger partial charge in [-0.15, -0.1) is 18.3 Å². The second-order valence-electron chi connectivity index (χ2n) is 6.47. The van der Waals surface area contributed by atoms with E-state index in [1.165, 1.54) is 12.1 Å². The van der Waals surface area contributed by atoms with Gasteiger partial charge in [0.25, 0.3) is 0 Å². The topological polar surface area (TPSA) is 62.8 Å². The first-order valence-electron chi connectivity index (χ1n) is 8.54. The molecule has 1 aliphatic rings. The first-order chi connectivity index (χ1) is 13.5. The maximum atomic E-state index is 12.7. The van der Waals surface area contributed by atoms with Crippen molar-refractivity contribution in [3.05, 3.63) is 72.1 Å². The zero-order valence-electron chi connectivity index (χ0n) is 14.3. The van der Waals surface area contributed by atoms with Crippen molar-refractivity contribution in [1.82, 2.24) is 15.2 Å². The Morgan fingerprint density at radius 1 is 1.00 bits per heavy atom. The van der Waals surface area contributed by atoms with Crippen LogP contribution in [-0.2, 0) is 0 Å². The highest BCUT2D eigenvalue weighted by Crippen LogP contribution is 2.43. The molecule has 4 aromatic rings. The molecule has 0 radical (unpaired) electrons. The fourth-order valence-electron chi connectivity index (χ4n) is 3.66. The predicted octanol–water partition coefficient (Wildman–Crippen LogP) is 5.04. The first-order valence-corrected chi connectivity index (χ1v) is 8.54. The van der Waals surface area contributed by atoms with E-state index in [2.05, 4.69) is 25.2 Å². The molecule has 1 unspecified atom stereocenters. The van der Waals surface area contributed by atoms with Gasteiger partial charge >= 0.3 is 6.36 Å². The Morgan fingerprint density at radius 2 is 1.86 bits per heavy atom. The maximum Gasteiger partial charge on any atom is 0.573 e. The molecule has 0 bridgehead atoms. The number of fused-ring (bicyclic) bond motifs is 2. The Hall–Kier alpha value is -3.55. The largest absolute Gasteiger partial charge is 0.573 e. The SMILES string of the molecule is FC(F)(F)Oc1cccc(C2Nc3ccccc3-c3cnnc4[nH]cc2c34)c1. The molecule has 0 saturated carbocycles. The summed E-state index contributed by atoms with van der Waals surface area (Å²) in [6.07, 6.45) is -1.24. The number of nitrogens with one attached hydrogen (secondary N) is 2. The van der Waals surface area contributed by atoms with Crippen molar-refractivity contribution in [3.8, 4) is 16.9 Å². The molecule has 3 heterocycles. The summed E-state index contributed by atoms with van der Waals surface area (Å²) in [5.74, 6) is -0.260. The average Bonchev–Trinajstić information content (AvgIpc) is 3.03. The average molecular weight is 382 g/mol. The third-order valence-corrected chi connectivity index (χ3v) is 4.76. The van der Waals surface area contributed by atoms with Crippen molar-refractivity contribution in [2.24, 2.45) is 0 Å². The fraction of sp³-hybridized carbons (Fsp3) is 0.100. The van der Waals surface area contributed by atoms with Crippen LogP contribution in [0.5, 0.6) is 5.75 Å². The minimum Gasteiger partial charge on any atom is -0.406 e. The molecule has 5 rings (SSSR count). The van der Waals surface area contributed by atoms with Crippen LogP contribution in [0.1, 0.15) is 17.2 Å². The summed E-state index contributed by atoms with van der Waals surface area (Å²) in [5.41, 5.74) is 4.87. The Kier molecular flexibility index (Phi) is 3.55. The number of anilines is 1. The molecule has 0 aliphatic carbocycles. The smallest absolute Gasteiger partial charge is 0.406 e. The van der Waals surface area contributed by atoms with Crippen LogP contribution >= 0.6 is 0 Å². The third kappa shape index (κ3) is 2.74. The van der Waals surface area contributed by atoms with E-state index in [0.717, 1.165) is 27.8 Å². The van der Waals surface area contributed by atoms with E-state index < -0.39 is 12.4 Å². The lowest BCUT2D eigenvalue weighted by atomic mass is 9.97. The molecule has 0 amide bonds. The van der Waals surface area contributed by atoms with Gasteiger partial charge in [-0.2, -0.15) is 5.10 Å². The van der Waals surface area contributed by atoms with Crippen molar-refractivity contribution >= 4 is 16.7 Å². The van der Waals surface area contributed by atoms with Gasteiger partial charge < -0.3 is 15.0 Å². The van der Waals surface area contributed by atoms with Gasteiger partial charge in [-0.25, -0.2) is 0 Å². The number of para-hydroxylation sites is 1. The second-order valence-corrected chi connectivity index (χ2v) is 6.47. The highest BCUT2D eigenvalue weighted by Gasteiger charge is 2.32. The molecule has 1 aliphatic heterocycles. The minimum atomic E-state index is -4.74. The van der Waals surface area contributed by atoms with Gasteiger partial charge in [0.2, 0.25) is 0 Å². The van der Waals surface area contributed by atoms with Crippen molar-refractivity contribution in [1.29, 1.82) is 0 Å². The molecule has 2 aromatic heterocycles. The van der Waals surface area contributed by atoms with Gasteiger partial charge in [-0.3, -0.25) is 0 Å². The van der Waals surface area contributed by atoms with Crippen LogP contribution in [0.4, 0.5) is 18.9 Å². The molecular formula is C20H13F3N4O. The minimum absolute atomic E-state index is 0.260. The molecular weight excluding hydrogens is 369 g/mol. The lowest BCUT2D eigenvalue weighted by Gasteiger charge is -2.20. The lowest BCUT2D eigenvalue weighted by molar-refractivity contribution is -0.274. The molecule has 0 spiro atoms. The van der Waals surface area contributed by atoms with Crippen LogP contribution in [0, 0.1) is 0 Å². The molecule has 28 heavy (non-hydrogen) atoms. The molecule has 1 atom stereocenters. The number of aromatic amines is 1.